The maximum absolute atomic E-state index is 9.37. The number of aliphatic hydroxyl groups is 1. The largest absolute Gasteiger partial charge is 0.381 e. The topological polar surface area (TPSA) is 89.1 Å². The van der Waals surface area contributed by atoms with E-state index < -0.39 is 6.10 Å². The van der Waals surface area contributed by atoms with Crippen molar-refractivity contribution in [2.45, 2.75) is 6.10 Å². The van der Waals surface area contributed by atoms with Crippen LogP contribution in [-0.2, 0) is 0 Å². The molecule has 5 nitrogen and oxygen atoms in total. The van der Waals surface area contributed by atoms with Crippen molar-refractivity contribution in [2.75, 3.05) is 0 Å². The maximum Gasteiger partial charge on any atom is 0.177 e. The van der Waals surface area contributed by atoms with Gasteiger partial charge in [-0.1, -0.05) is 12.1 Å². The summed E-state index contributed by atoms with van der Waals surface area (Å²) in [6.45, 7) is 0. The van der Waals surface area contributed by atoms with Crippen molar-refractivity contribution in [3.63, 3.8) is 0 Å². The van der Waals surface area contributed by atoms with Crippen LogP contribution in [0.2, 0.25) is 0 Å². The number of rotatable bonds is 1. The zero-order valence-electron chi connectivity index (χ0n) is 8.14. The van der Waals surface area contributed by atoms with E-state index in [1.165, 1.54) is 0 Å². The van der Waals surface area contributed by atoms with Crippen LogP contribution in [0, 0.1) is 22.7 Å². The monoisotopic (exact) mass is 213 g/mol. The van der Waals surface area contributed by atoms with E-state index in [2.05, 4.69) is 5.48 Å². The first-order chi connectivity index (χ1) is 7.77. The van der Waals surface area contributed by atoms with Crippen molar-refractivity contribution in [1.29, 1.82) is 10.5 Å². The molecule has 1 unspecified atom stereocenters. The minimum atomic E-state index is -1.46. The number of hydroxylamine groups is 1. The molecule has 5 heteroatoms. The van der Waals surface area contributed by atoms with Crippen molar-refractivity contribution < 1.29 is 9.94 Å². The average molecular weight is 213 g/mol. The van der Waals surface area contributed by atoms with E-state index in [9.17, 15) is 5.11 Å². The van der Waals surface area contributed by atoms with Crippen molar-refractivity contribution in [3.05, 3.63) is 35.4 Å². The van der Waals surface area contributed by atoms with Gasteiger partial charge >= 0.3 is 0 Å². The van der Waals surface area contributed by atoms with Gasteiger partial charge in [-0.15, -0.1) is 0 Å². The van der Waals surface area contributed by atoms with Crippen LogP contribution in [0.3, 0.4) is 0 Å². The molecule has 78 valence electrons. The Hall–Kier alpha value is -2.50. The van der Waals surface area contributed by atoms with Gasteiger partial charge in [0.1, 0.15) is 11.8 Å². The molecule has 0 spiro atoms. The summed E-state index contributed by atoms with van der Waals surface area (Å²) in [6, 6.07) is 10.4. The molecule has 2 N–H and O–H groups in total. The number of nitrogens with one attached hydrogen (secondary N) is 1. The predicted molar refractivity (Wildman–Crippen MR) is 54.4 cm³/mol. The molecule has 1 aromatic rings. The summed E-state index contributed by atoms with van der Waals surface area (Å²) < 4.78 is 0. The number of aliphatic hydroxyl groups excluding tert-OH is 1. The Bertz CT molecular complexity index is 537. The molecule has 1 heterocycles. The zero-order valence-corrected chi connectivity index (χ0v) is 8.14. The Morgan fingerprint density at radius 3 is 2.81 bits per heavy atom. The number of para-hydroxylation sites is 1. The van der Waals surface area contributed by atoms with E-state index >= 15 is 0 Å². The van der Waals surface area contributed by atoms with Gasteiger partial charge in [-0.25, -0.2) is 5.48 Å². The van der Waals surface area contributed by atoms with Crippen LogP contribution >= 0.6 is 0 Å². The first-order valence-electron chi connectivity index (χ1n) is 4.52. The van der Waals surface area contributed by atoms with E-state index in [4.69, 9.17) is 15.4 Å². The quantitative estimate of drug-likeness (QED) is 0.529. The highest BCUT2D eigenvalue weighted by molar-refractivity contribution is 5.77. The Labute approximate surface area is 91.8 Å². The highest BCUT2D eigenvalue weighted by atomic mass is 16.7. The lowest BCUT2D eigenvalue weighted by molar-refractivity contribution is 0.258. The lowest BCUT2D eigenvalue weighted by atomic mass is 10.0. The van der Waals surface area contributed by atoms with Crippen LogP contribution in [0.25, 0.3) is 5.70 Å². The number of fused-ring (bicyclic) bond motifs is 1. The van der Waals surface area contributed by atoms with Gasteiger partial charge < -0.3 is 9.94 Å². The highest BCUT2D eigenvalue weighted by Crippen LogP contribution is 2.31. The summed E-state index contributed by atoms with van der Waals surface area (Å²) in [6.07, 6.45) is -1.46. The van der Waals surface area contributed by atoms with Gasteiger partial charge in [-0.05, 0) is 12.1 Å². The molecule has 0 saturated heterocycles. The molecule has 0 radical (unpaired) electrons. The van der Waals surface area contributed by atoms with Gasteiger partial charge in [0.15, 0.2) is 11.9 Å². The molecule has 2 rings (SSSR count). The molecular weight excluding hydrogens is 206 g/mol. The fourth-order valence-corrected chi connectivity index (χ4v) is 1.44. The minimum absolute atomic E-state index is 0.0487. The van der Waals surface area contributed by atoms with Crippen LogP contribution in [-0.4, -0.2) is 11.2 Å². The number of hydrogen-bond acceptors (Lipinski definition) is 5. The van der Waals surface area contributed by atoms with Gasteiger partial charge in [0.25, 0.3) is 0 Å². The minimum Gasteiger partial charge on any atom is -0.381 e. The maximum atomic E-state index is 9.37. The first kappa shape index (κ1) is 10.0. The third-order valence-electron chi connectivity index (χ3n) is 2.20. The van der Waals surface area contributed by atoms with E-state index in [0.717, 1.165) is 0 Å². The van der Waals surface area contributed by atoms with Crippen LogP contribution in [0.4, 0.5) is 0 Å². The van der Waals surface area contributed by atoms with Crippen LogP contribution < -0.4 is 10.3 Å². The second-order valence-corrected chi connectivity index (χ2v) is 3.13. The van der Waals surface area contributed by atoms with Crippen LogP contribution in [0.15, 0.2) is 29.8 Å². The highest BCUT2D eigenvalue weighted by Gasteiger charge is 2.24. The molecule has 0 saturated carbocycles. The Balaban J connectivity index is 2.56. The Morgan fingerprint density at radius 1 is 1.38 bits per heavy atom. The molecule has 1 atom stereocenters. The summed E-state index contributed by atoms with van der Waals surface area (Å²) in [5.41, 5.74) is 3.49. The fraction of sp³-hybridized carbons (Fsp3) is 0.0909. The second kappa shape index (κ2) is 3.93. The second-order valence-electron chi connectivity index (χ2n) is 3.13. The van der Waals surface area contributed by atoms with Gasteiger partial charge in [0.05, 0.1) is 11.6 Å². The summed E-state index contributed by atoms with van der Waals surface area (Å²) >= 11 is 0. The van der Waals surface area contributed by atoms with E-state index in [0.29, 0.717) is 17.0 Å². The summed E-state index contributed by atoms with van der Waals surface area (Å²) in [4.78, 5) is 5.11. The standard InChI is InChI=1S/C11H7N3O2/c12-5-8(9(15)6-13)11-7-3-1-2-4-10(7)16-14-11/h1-4,9,14-15H. The number of benzene rings is 1. The Kier molecular flexibility index (Phi) is 2.47. The SMILES string of the molecule is N#CC(=C1NOc2ccccc21)C(O)C#N. The van der Waals surface area contributed by atoms with Gasteiger partial charge in [0, 0.05) is 5.56 Å². The van der Waals surface area contributed by atoms with Crippen molar-refractivity contribution in [1.82, 2.24) is 5.48 Å². The lowest BCUT2D eigenvalue weighted by Crippen LogP contribution is -2.15. The fourth-order valence-electron chi connectivity index (χ4n) is 1.44. The summed E-state index contributed by atoms with van der Waals surface area (Å²) in [5.74, 6) is 0.565. The molecule has 1 aliphatic heterocycles. The van der Waals surface area contributed by atoms with E-state index in [1.807, 2.05) is 0 Å². The van der Waals surface area contributed by atoms with Crippen molar-refractivity contribution in [2.24, 2.45) is 0 Å². The van der Waals surface area contributed by atoms with Crippen LogP contribution in [0.1, 0.15) is 5.56 Å². The molecule has 1 aromatic carbocycles. The molecular formula is C11H7N3O2. The van der Waals surface area contributed by atoms with Crippen molar-refractivity contribution >= 4 is 5.70 Å². The lowest BCUT2D eigenvalue weighted by Gasteiger charge is -2.03. The predicted octanol–water partition coefficient (Wildman–Crippen LogP) is 0.703. The number of nitriles is 2. The summed E-state index contributed by atoms with van der Waals surface area (Å²) in [7, 11) is 0. The molecule has 0 fully saturated rings. The third-order valence-corrected chi connectivity index (χ3v) is 2.20. The van der Waals surface area contributed by atoms with Gasteiger partial charge in [-0.2, -0.15) is 10.5 Å². The Morgan fingerprint density at radius 2 is 2.12 bits per heavy atom. The normalized spacial score (nSPS) is 17.2. The zero-order chi connectivity index (χ0) is 11.5. The summed E-state index contributed by atoms with van der Waals surface area (Å²) in [5, 5.41) is 26.9. The average Bonchev–Trinajstić information content (AvgIpc) is 2.74. The molecule has 0 amide bonds. The molecule has 0 aliphatic carbocycles. The molecule has 0 aromatic heterocycles. The van der Waals surface area contributed by atoms with Crippen molar-refractivity contribution in [3.8, 4) is 17.9 Å². The molecule has 1 aliphatic rings. The number of nitrogens with zero attached hydrogens (tertiary/aromatic N) is 2. The number of hydrogen-bond donors (Lipinski definition) is 2. The molecule has 0 bridgehead atoms. The van der Waals surface area contributed by atoms with Gasteiger partial charge in [-0.3, -0.25) is 0 Å². The first-order valence-corrected chi connectivity index (χ1v) is 4.52. The molecule has 16 heavy (non-hydrogen) atoms. The smallest absolute Gasteiger partial charge is 0.177 e. The van der Waals surface area contributed by atoms with E-state index in [-0.39, 0.29) is 5.57 Å². The third kappa shape index (κ3) is 1.46. The van der Waals surface area contributed by atoms with Crippen LogP contribution in [0.5, 0.6) is 5.75 Å². The van der Waals surface area contributed by atoms with E-state index in [1.54, 1.807) is 36.4 Å². The van der Waals surface area contributed by atoms with Gasteiger partial charge in [0.2, 0.25) is 0 Å².